The molecule has 0 atom stereocenters. The minimum atomic E-state index is 0. The van der Waals surface area contributed by atoms with Crippen LogP contribution in [-0.2, 0) is 4.79 Å². The number of hydrogen-bond donors (Lipinski definition) is 0. The van der Waals surface area contributed by atoms with Crippen molar-refractivity contribution in [2.24, 2.45) is 0 Å². The highest BCUT2D eigenvalue weighted by Gasteiger charge is 2.14. The zero-order valence-corrected chi connectivity index (χ0v) is 4.98. The fraction of sp³-hybridized carbons (Fsp3) is 0.800. The van der Waals surface area contributed by atoms with Crippen molar-refractivity contribution in [3.05, 3.63) is 0 Å². The van der Waals surface area contributed by atoms with Gasteiger partial charge in [-0.1, -0.05) is 0 Å². The summed E-state index contributed by atoms with van der Waals surface area (Å²) >= 11 is 0. The molecule has 0 unspecified atom stereocenters. The highest BCUT2D eigenvalue weighted by Crippen LogP contribution is 2.04. The molecule has 0 aliphatic carbocycles. The molecule has 0 aromatic rings. The number of likely N-dealkylation sites (tertiary alicyclic amines) is 1. The van der Waals surface area contributed by atoms with Crippen molar-refractivity contribution in [3.63, 3.8) is 0 Å². The summed E-state index contributed by atoms with van der Waals surface area (Å²) in [4.78, 5) is 12.3. The molecular formula is C5H14AlNO2. The van der Waals surface area contributed by atoms with E-state index in [1.54, 1.807) is 4.90 Å². The van der Waals surface area contributed by atoms with Crippen LogP contribution in [0.2, 0.25) is 0 Å². The van der Waals surface area contributed by atoms with Gasteiger partial charge in [0.25, 0.3) is 0 Å². The molecule has 1 saturated heterocycles. The minimum Gasteiger partial charge on any atom is -0.412 e. The van der Waals surface area contributed by atoms with Crippen LogP contribution in [0, 0.1) is 0 Å². The van der Waals surface area contributed by atoms with Crippen molar-refractivity contribution < 1.29 is 10.3 Å². The zero-order valence-electron chi connectivity index (χ0n) is 4.98. The summed E-state index contributed by atoms with van der Waals surface area (Å²) < 4.78 is 0. The molecule has 1 fully saturated rings. The average Bonchev–Trinajstić information content (AvgIpc) is 1.91. The Labute approximate surface area is 65.5 Å². The van der Waals surface area contributed by atoms with Crippen molar-refractivity contribution in [3.8, 4) is 0 Å². The molecule has 9 heavy (non-hydrogen) atoms. The number of amides is 1. The predicted molar refractivity (Wildman–Crippen MR) is 40.4 cm³/mol. The normalized spacial score (nSPS) is 16.6. The van der Waals surface area contributed by atoms with E-state index in [1.807, 2.05) is 7.05 Å². The highest BCUT2D eigenvalue weighted by atomic mass is 27.0. The third-order valence-corrected chi connectivity index (χ3v) is 1.31. The molecule has 1 aliphatic heterocycles. The molecule has 2 N–H and O–H groups in total. The second kappa shape index (κ2) is 4.81. The largest absolute Gasteiger partial charge is 0.412 e. The molecule has 0 saturated carbocycles. The van der Waals surface area contributed by atoms with Gasteiger partial charge in [-0.05, 0) is 6.42 Å². The topological polar surface area (TPSA) is 51.8 Å². The van der Waals surface area contributed by atoms with Crippen LogP contribution in [0.3, 0.4) is 0 Å². The van der Waals surface area contributed by atoms with Gasteiger partial charge in [0.05, 0.1) is 0 Å². The van der Waals surface area contributed by atoms with Gasteiger partial charge in [0.15, 0.2) is 17.4 Å². The van der Waals surface area contributed by atoms with Crippen LogP contribution in [0.1, 0.15) is 12.8 Å². The van der Waals surface area contributed by atoms with Gasteiger partial charge < -0.3 is 10.4 Å². The molecule has 1 aliphatic rings. The second-order valence-electron chi connectivity index (χ2n) is 1.92. The molecule has 54 valence electrons. The first-order valence-electron chi connectivity index (χ1n) is 2.54. The molecule has 1 amide bonds. The lowest BCUT2D eigenvalue weighted by molar-refractivity contribution is -0.126. The third-order valence-electron chi connectivity index (χ3n) is 1.31. The van der Waals surface area contributed by atoms with Crippen LogP contribution < -0.4 is 0 Å². The van der Waals surface area contributed by atoms with E-state index in [2.05, 4.69) is 0 Å². The first-order chi connectivity index (χ1) is 3.30. The van der Waals surface area contributed by atoms with Crippen LogP contribution in [-0.4, -0.2) is 47.2 Å². The Morgan fingerprint density at radius 3 is 2.22 bits per heavy atom. The molecule has 0 radical (unpaired) electrons. The third kappa shape index (κ3) is 2.85. The van der Waals surface area contributed by atoms with Gasteiger partial charge in [-0.3, -0.25) is 4.79 Å². The highest BCUT2D eigenvalue weighted by molar-refractivity contribution is 5.77. The lowest BCUT2D eigenvalue weighted by atomic mass is 10.4. The Balaban J connectivity index is 0. The molecule has 0 spiro atoms. The quantitative estimate of drug-likeness (QED) is 0.374. The van der Waals surface area contributed by atoms with E-state index in [9.17, 15) is 4.79 Å². The van der Waals surface area contributed by atoms with E-state index in [0.29, 0.717) is 5.91 Å². The number of hydrogen-bond acceptors (Lipinski definition) is 1. The van der Waals surface area contributed by atoms with Crippen LogP contribution in [0.4, 0.5) is 0 Å². The fourth-order valence-corrected chi connectivity index (χ4v) is 0.783. The van der Waals surface area contributed by atoms with Gasteiger partial charge in [-0.2, -0.15) is 0 Å². The van der Waals surface area contributed by atoms with E-state index in [-0.39, 0.29) is 22.8 Å². The predicted octanol–water partition coefficient (Wildman–Crippen LogP) is -1.77. The van der Waals surface area contributed by atoms with Gasteiger partial charge in [0, 0.05) is 20.0 Å². The van der Waals surface area contributed by atoms with Crippen molar-refractivity contribution >= 4 is 23.3 Å². The van der Waals surface area contributed by atoms with Crippen LogP contribution in [0.25, 0.3) is 0 Å². The number of carbonyl (C=O) groups is 1. The standard InChI is InChI=1S/C5H9NO.Al.H2O.3H/c1-6-4-2-3-5(6)7;;;;;/h2-4H2,1H3;;1H2;;;. The summed E-state index contributed by atoms with van der Waals surface area (Å²) in [6.07, 6.45) is 1.81. The maximum absolute atomic E-state index is 10.5. The second-order valence-corrected chi connectivity index (χ2v) is 1.92. The lowest BCUT2D eigenvalue weighted by Crippen LogP contribution is -2.17. The Kier molecular flexibility index (Phi) is 6.26. The summed E-state index contributed by atoms with van der Waals surface area (Å²) in [6, 6.07) is 0. The molecule has 1 rings (SSSR count). The molecule has 4 heteroatoms. The van der Waals surface area contributed by atoms with Gasteiger partial charge >= 0.3 is 0 Å². The summed E-state index contributed by atoms with van der Waals surface area (Å²) in [5, 5.41) is 0. The van der Waals surface area contributed by atoms with Gasteiger partial charge in [-0.15, -0.1) is 0 Å². The Hall–Kier alpha value is -0.0375. The van der Waals surface area contributed by atoms with Gasteiger partial charge in [0.1, 0.15) is 0 Å². The summed E-state index contributed by atoms with van der Waals surface area (Å²) in [5.74, 6) is 0.292. The molecular weight excluding hydrogens is 133 g/mol. The van der Waals surface area contributed by atoms with E-state index < -0.39 is 0 Å². The summed E-state index contributed by atoms with van der Waals surface area (Å²) in [5.41, 5.74) is 0. The summed E-state index contributed by atoms with van der Waals surface area (Å²) in [6.45, 7) is 0.957. The maximum Gasteiger partial charge on any atom is 0.222 e. The Bertz CT molecular complexity index is 97.0. The van der Waals surface area contributed by atoms with Crippen molar-refractivity contribution in [1.29, 1.82) is 0 Å². The van der Waals surface area contributed by atoms with Gasteiger partial charge in [-0.25, -0.2) is 0 Å². The lowest BCUT2D eigenvalue weighted by Gasteiger charge is -2.03. The SMILES string of the molecule is CN1CCCC1=O.O.[AlH3]. The smallest absolute Gasteiger partial charge is 0.222 e. The molecule has 0 bridgehead atoms. The molecule has 3 nitrogen and oxygen atoms in total. The van der Waals surface area contributed by atoms with E-state index in [0.717, 1.165) is 19.4 Å². The van der Waals surface area contributed by atoms with Crippen LogP contribution in [0.15, 0.2) is 0 Å². The van der Waals surface area contributed by atoms with Crippen molar-refractivity contribution in [2.75, 3.05) is 13.6 Å². The number of nitrogens with zero attached hydrogens (tertiary/aromatic N) is 1. The van der Waals surface area contributed by atoms with Gasteiger partial charge in [0.2, 0.25) is 5.91 Å². The van der Waals surface area contributed by atoms with Crippen molar-refractivity contribution in [1.82, 2.24) is 4.90 Å². The Morgan fingerprint density at radius 2 is 2.11 bits per heavy atom. The van der Waals surface area contributed by atoms with E-state index in [1.165, 1.54) is 0 Å². The monoisotopic (exact) mass is 147 g/mol. The summed E-state index contributed by atoms with van der Waals surface area (Å²) in [7, 11) is 1.84. The fourth-order valence-electron chi connectivity index (χ4n) is 0.783. The first-order valence-corrected chi connectivity index (χ1v) is 2.54. The number of rotatable bonds is 0. The van der Waals surface area contributed by atoms with E-state index in [4.69, 9.17) is 0 Å². The van der Waals surface area contributed by atoms with Crippen molar-refractivity contribution in [2.45, 2.75) is 12.8 Å². The zero-order chi connectivity index (χ0) is 5.28. The molecule has 0 aromatic carbocycles. The van der Waals surface area contributed by atoms with Crippen LogP contribution >= 0.6 is 0 Å². The molecule has 1 heterocycles. The number of carbonyl (C=O) groups excluding carboxylic acids is 1. The van der Waals surface area contributed by atoms with E-state index >= 15 is 0 Å². The minimum absolute atomic E-state index is 0. The van der Waals surface area contributed by atoms with Crippen LogP contribution in [0.5, 0.6) is 0 Å². The first kappa shape index (κ1) is 11.7. The molecule has 0 aromatic heterocycles. The average molecular weight is 147 g/mol. The maximum atomic E-state index is 10.5. The Morgan fingerprint density at radius 1 is 1.56 bits per heavy atom.